The van der Waals surface area contributed by atoms with Gasteiger partial charge < -0.3 is 14.6 Å². The second-order valence-electron chi connectivity index (χ2n) is 6.29. The summed E-state index contributed by atoms with van der Waals surface area (Å²) in [5.41, 5.74) is 1.24. The Morgan fingerprint density at radius 3 is 2.32 bits per heavy atom. The van der Waals surface area contributed by atoms with E-state index in [1.54, 1.807) is 0 Å². The van der Waals surface area contributed by atoms with E-state index in [-0.39, 0.29) is 12.3 Å². The maximum Gasteiger partial charge on any atom is 0.321 e. The fraction of sp³-hybridized carbons (Fsp3) is 0.389. The Morgan fingerprint density at radius 1 is 1.12 bits per heavy atom. The van der Waals surface area contributed by atoms with Crippen LogP contribution in [0.25, 0.3) is 11.5 Å². The first-order valence-corrected chi connectivity index (χ1v) is 8.08. The van der Waals surface area contributed by atoms with Gasteiger partial charge in [-0.2, -0.15) is 0 Å². The first-order valence-electron chi connectivity index (χ1n) is 8.08. The van der Waals surface area contributed by atoms with Crippen LogP contribution in [0.1, 0.15) is 26.0 Å². The number of hydrogen-bond donors (Lipinski definition) is 3. The van der Waals surface area contributed by atoms with E-state index >= 15 is 0 Å². The first kappa shape index (κ1) is 18.7. The highest BCUT2D eigenvalue weighted by molar-refractivity contribution is 5.77. The molecular formula is C18H22N2O5. The predicted molar refractivity (Wildman–Crippen MR) is 91.1 cm³/mol. The lowest BCUT2D eigenvalue weighted by molar-refractivity contribution is -0.142. The molecule has 2 atom stereocenters. The monoisotopic (exact) mass is 346 g/mol. The normalized spacial score (nSPS) is 13.6. The molecule has 1 aromatic heterocycles. The molecule has 0 spiro atoms. The quantitative estimate of drug-likeness (QED) is 0.639. The van der Waals surface area contributed by atoms with Gasteiger partial charge >= 0.3 is 11.9 Å². The van der Waals surface area contributed by atoms with Gasteiger partial charge in [-0.3, -0.25) is 14.9 Å². The highest BCUT2D eigenvalue weighted by atomic mass is 16.4. The molecule has 0 saturated carbocycles. The Balaban J connectivity index is 2.10. The average Bonchev–Trinajstić information content (AvgIpc) is 3.02. The molecule has 3 N–H and O–H groups in total. The summed E-state index contributed by atoms with van der Waals surface area (Å²) in [5.74, 6) is -1.67. The Hall–Kier alpha value is -2.67. The van der Waals surface area contributed by atoms with Crippen molar-refractivity contribution >= 4 is 11.9 Å². The molecule has 1 aromatic carbocycles. The standard InChI is InChI=1S/C18H22N2O5/c1-11(2)8-14(17(21)22)20-15(18(23)24)9-13-10-25-16(19-13)12-6-4-3-5-7-12/h3-7,10-11,14-15,20H,8-9H2,1-2H3,(H,21,22)(H,23,24)/t14-,15?/m0/s1. The molecule has 1 heterocycles. The molecule has 0 amide bonds. The highest BCUT2D eigenvalue weighted by Gasteiger charge is 2.27. The van der Waals surface area contributed by atoms with Gasteiger partial charge in [-0.05, 0) is 24.5 Å². The van der Waals surface area contributed by atoms with Gasteiger partial charge in [0.05, 0.1) is 5.69 Å². The first-order chi connectivity index (χ1) is 11.9. The van der Waals surface area contributed by atoms with Gasteiger partial charge in [-0.25, -0.2) is 4.98 Å². The van der Waals surface area contributed by atoms with Crippen LogP contribution in [0.5, 0.6) is 0 Å². The second-order valence-corrected chi connectivity index (χ2v) is 6.29. The maximum atomic E-state index is 11.5. The van der Waals surface area contributed by atoms with Gasteiger partial charge in [0, 0.05) is 12.0 Å². The maximum absolute atomic E-state index is 11.5. The van der Waals surface area contributed by atoms with Crippen molar-refractivity contribution in [3.05, 3.63) is 42.3 Å². The Labute approximate surface area is 145 Å². The SMILES string of the molecule is CC(C)C[C@H](NC(Cc1coc(-c2ccccc2)n1)C(=O)O)C(=O)O. The fourth-order valence-electron chi connectivity index (χ4n) is 2.50. The number of carboxylic acid groups (broad SMARTS) is 2. The van der Waals surface area contributed by atoms with Crippen LogP contribution in [0.4, 0.5) is 0 Å². The molecule has 7 nitrogen and oxygen atoms in total. The van der Waals surface area contributed by atoms with E-state index in [4.69, 9.17) is 4.42 Å². The zero-order chi connectivity index (χ0) is 18.4. The van der Waals surface area contributed by atoms with Gasteiger partial charge in [-0.1, -0.05) is 32.0 Å². The summed E-state index contributed by atoms with van der Waals surface area (Å²) >= 11 is 0. The summed E-state index contributed by atoms with van der Waals surface area (Å²) in [6, 6.07) is 7.26. The van der Waals surface area contributed by atoms with Gasteiger partial charge in [0.2, 0.25) is 5.89 Å². The molecule has 0 aliphatic heterocycles. The molecule has 0 fully saturated rings. The number of carboxylic acids is 2. The zero-order valence-electron chi connectivity index (χ0n) is 14.2. The average molecular weight is 346 g/mol. The number of aromatic nitrogens is 1. The van der Waals surface area contributed by atoms with Gasteiger partial charge in [0.1, 0.15) is 18.3 Å². The molecule has 0 radical (unpaired) electrons. The number of nitrogens with zero attached hydrogens (tertiary/aromatic N) is 1. The highest BCUT2D eigenvalue weighted by Crippen LogP contribution is 2.19. The Morgan fingerprint density at radius 2 is 1.76 bits per heavy atom. The van der Waals surface area contributed by atoms with Crippen molar-refractivity contribution < 1.29 is 24.2 Å². The van der Waals surface area contributed by atoms with Crippen LogP contribution in [0, 0.1) is 5.92 Å². The molecular weight excluding hydrogens is 324 g/mol. The van der Waals surface area contributed by atoms with Crippen molar-refractivity contribution in [1.82, 2.24) is 10.3 Å². The van der Waals surface area contributed by atoms with E-state index in [2.05, 4.69) is 10.3 Å². The summed E-state index contributed by atoms with van der Waals surface area (Å²) in [7, 11) is 0. The summed E-state index contributed by atoms with van der Waals surface area (Å²) in [4.78, 5) is 27.2. The van der Waals surface area contributed by atoms with E-state index in [9.17, 15) is 19.8 Å². The number of aliphatic carboxylic acids is 2. The number of benzene rings is 1. The predicted octanol–water partition coefficient (Wildman–Crippen LogP) is 2.43. The lowest BCUT2D eigenvalue weighted by atomic mass is 10.0. The topological polar surface area (TPSA) is 113 Å². The van der Waals surface area contributed by atoms with Crippen LogP contribution in [0.3, 0.4) is 0 Å². The van der Waals surface area contributed by atoms with Crippen LogP contribution < -0.4 is 5.32 Å². The molecule has 2 aromatic rings. The molecule has 2 rings (SSSR count). The van der Waals surface area contributed by atoms with Crippen molar-refractivity contribution in [3.63, 3.8) is 0 Å². The van der Waals surface area contributed by atoms with Crippen LogP contribution in [-0.4, -0.2) is 39.2 Å². The number of hydrogen-bond acceptors (Lipinski definition) is 5. The van der Waals surface area contributed by atoms with Crippen molar-refractivity contribution in [1.29, 1.82) is 0 Å². The minimum Gasteiger partial charge on any atom is -0.480 e. The van der Waals surface area contributed by atoms with Gasteiger partial charge in [0.25, 0.3) is 0 Å². The number of carbonyl (C=O) groups is 2. The minimum atomic E-state index is -1.13. The van der Waals surface area contributed by atoms with Crippen molar-refractivity contribution in [3.8, 4) is 11.5 Å². The number of oxazole rings is 1. The third kappa shape index (κ3) is 5.42. The zero-order valence-corrected chi connectivity index (χ0v) is 14.2. The number of nitrogens with one attached hydrogen (secondary N) is 1. The van der Waals surface area contributed by atoms with E-state index in [0.29, 0.717) is 18.0 Å². The van der Waals surface area contributed by atoms with E-state index in [1.165, 1.54) is 6.26 Å². The van der Waals surface area contributed by atoms with Crippen LogP contribution in [0.15, 0.2) is 41.0 Å². The summed E-state index contributed by atoms with van der Waals surface area (Å²) in [6.45, 7) is 3.77. The largest absolute Gasteiger partial charge is 0.480 e. The third-order valence-electron chi connectivity index (χ3n) is 3.69. The van der Waals surface area contributed by atoms with Gasteiger partial charge in [-0.15, -0.1) is 0 Å². The van der Waals surface area contributed by atoms with Crippen molar-refractivity contribution in [2.45, 2.75) is 38.8 Å². The summed E-state index contributed by atoms with van der Waals surface area (Å²) in [6.07, 6.45) is 1.78. The lowest BCUT2D eigenvalue weighted by Gasteiger charge is -2.21. The molecule has 7 heteroatoms. The van der Waals surface area contributed by atoms with E-state index in [1.807, 2.05) is 44.2 Å². The molecule has 25 heavy (non-hydrogen) atoms. The van der Waals surface area contributed by atoms with Crippen molar-refractivity contribution in [2.24, 2.45) is 5.92 Å². The molecule has 134 valence electrons. The Bertz CT molecular complexity index is 711. The number of rotatable bonds is 9. The lowest BCUT2D eigenvalue weighted by Crippen LogP contribution is -2.48. The van der Waals surface area contributed by atoms with E-state index < -0.39 is 24.0 Å². The molecule has 1 unspecified atom stereocenters. The minimum absolute atomic E-state index is 0.0353. The third-order valence-corrected chi connectivity index (χ3v) is 3.69. The second kappa shape index (κ2) is 8.43. The van der Waals surface area contributed by atoms with Crippen molar-refractivity contribution in [2.75, 3.05) is 0 Å². The van der Waals surface area contributed by atoms with Crippen LogP contribution in [-0.2, 0) is 16.0 Å². The molecule has 0 aliphatic rings. The summed E-state index contributed by atoms with van der Waals surface area (Å²) < 4.78 is 5.40. The van der Waals surface area contributed by atoms with Gasteiger partial charge in [0.15, 0.2) is 0 Å². The molecule has 0 bridgehead atoms. The van der Waals surface area contributed by atoms with Crippen LogP contribution >= 0.6 is 0 Å². The molecule has 0 aliphatic carbocycles. The van der Waals surface area contributed by atoms with E-state index in [0.717, 1.165) is 5.56 Å². The molecule has 0 saturated heterocycles. The Kier molecular flexibility index (Phi) is 6.30. The van der Waals surface area contributed by atoms with Crippen LogP contribution in [0.2, 0.25) is 0 Å². The fourth-order valence-corrected chi connectivity index (χ4v) is 2.50. The summed E-state index contributed by atoms with van der Waals surface area (Å²) in [5, 5.41) is 21.4. The smallest absolute Gasteiger partial charge is 0.321 e.